The van der Waals surface area contributed by atoms with Crippen molar-refractivity contribution in [2.75, 3.05) is 10.8 Å². The van der Waals surface area contributed by atoms with Gasteiger partial charge in [0.15, 0.2) is 0 Å². The SMILES string of the molecule is CC[C@H](C)NC(=O)[C@@H](Cc1ccccc1)N(Cc1ccccc1)C(=O)CN(c1ccccc1Cl)S(=O)(=O)c1ccccc1. The van der Waals surface area contributed by atoms with Crippen molar-refractivity contribution in [2.45, 2.75) is 50.2 Å². The van der Waals surface area contributed by atoms with Crippen LogP contribution in [0.15, 0.2) is 120 Å². The largest absolute Gasteiger partial charge is 0.352 e. The first-order valence-corrected chi connectivity index (χ1v) is 16.0. The number of carbonyl (C=O) groups is 2. The van der Waals surface area contributed by atoms with Crippen molar-refractivity contribution in [2.24, 2.45) is 0 Å². The Kier molecular flexibility index (Phi) is 11.0. The predicted molar refractivity (Wildman–Crippen MR) is 171 cm³/mol. The number of hydrogen-bond acceptors (Lipinski definition) is 4. The van der Waals surface area contributed by atoms with Crippen molar-refractivity contribution < 1.29 is 18.0 Å². The molecule has 4 rings (SSSR count). The van der Waals surface area contributed by atoms with Gasteiger partial charge in [0.1, 0.15) is 12.6 Å². The van der Waals surface area contributed by atoms with Crippen LogP contribution in [0.25, 0.3) is 0 Å². The molecular formula is C34H36ClN3O4S. The molecule has 0 bridgehead atoms. The van der Waals surface area contributed by atoms with E-state index < -0.39 is 28.5 Å². The van der Waals surface area contributed by atoms with Crippen LogP contribution in [-0.4, -0.2) is 43.8 Å². The number of carbonyl (C=O) groups excluding carboxylic acids is 2. The number of nitrogens with zero attached hydrogens (tertiary/aromatic N) is 2. The van der Waals surface area contributed by atoms with Gasteiger partial charge in [-0.3, -0.25) is 13.9 Å². The van der Waals surface area contributed by atoms with E-state index in [-0.39, 0.29) is 40.5 Å². The van der Waals surface area contributed by atoms with E-state index in [0.717, 1.165) is 15.4 Å². The molecule has 2 amide bonds. The highest BCUT2D eigenvalue weighted by Crippen LogP contribution is 2.31. The van der Waals surface area contributed by atoms with E-state index in [9.17, 15) is 18.0 Å². The zero-order chi connectivity index (χ0) is 30.8. The molecule has 0 spiro atoms. The molecule has 0 saturated heterocycles. The number of rotatable bonds is 13. The molecule has 2 atom stereocenters. The molecule has 43 heavy (non-hydrogen) atoms. The highest BCUT2D eigenvalue weighted by molar-refractivity contribution is 7.92. The molecule has 0 unspecified atom stereocenters. The van der Waals surface area contributed by atoms with Gasteiger partial charge in [0.05, 0.1) is 15.6 Å². The van der Waals surface area contributed by atoms with Gasteiger partial charge in [0, 0.05) is 19.0 Å². The van der Waals surface area contributed by atoms with E-state index in [4.69, 9.17) is 11.6 Å². The van der Waals surface area contributed by atoms with Gasteiger partial charge in [-0.15, -0.1) is 0 Å². The minimum Gasteiger partial charge on any atom is -0.352 e. The van der Waals surface area contributed by atoms with Crippen LogP contribution in [0.3, 0.4) is 0 Å². The Morgan fingerprint density at radius 3 is 1.91 bits per heavy atom. The van der Waals surface area contributed by atoms with Crippen molar-refractivity contribution in [3.05, 3.63) is 131 Å². The lowest BCUT2D eigenvalue weighted by molar-refractivity contribution is -0.140. The Hall–Kier alpha value is -4.14. The van der Waals surface area contributed by atoms with Gasteiger partial charge in [-0.05, 0) is 48.7 Å². The fourth-order valence-electron chi connectivity index (χ4n) is 4.66. The molecule has 0 aromatic heterocycles. The Morgan fingerprint density at radius 1 is 0.791 bits per heavy atom. The highest BCUT2D eigenvalue weighted by atomic mass is 35.5. The normalized spacial score (nSPS) is 12.6. The van der Waals surface area contributed by atoms with Gasteiger partial charge >= 0.3 is 0 Å². The number of amides is 2. The maximum absolute atomic E-state index is 14.4. The molecule has 0 aliphatic carbocycles. The zero-order valence-corrected chi connectivity index (χ0v) is 25.8. The van der Waals surface area contributed by atoms with Crippen molar-refractivity contribution in [3.63, 3.8) is 0 Å². The third-order valence-electron chi connectivity index (χ3n) is 7.20. The van der Waals surface area contributed by atoms with E-state index in [1.807, 2.05) is 74.5 Å². The molecule has 4 aromatic rings. The molecule has 7 nitrogen and oxygen atoms in total. The molecule has 0 aliphatic heterocycles. The van der Waals surface area contributed by atoms with Crippen molar-refractivity contribution >= 4 is 39.1 Å². The first-order chi connectivity index (χ1) is 20.7. The summed E-state index contributed by atoms with van der Waals surface area (Å²) in [6, 6.07) is 32.2. The maximum Gasteiger partial charge on any atom is 0.264 e. The van der Waals surface area contributed by atoms with Crippen LogP contribution in [-0.2, 0) is 32.6 Å². The lowest BCUT2D eigenvalue weighted by atomic mass is 10.0. The summed E-state index contributed by atoms with van der Waals surface area (Å²) in [5.41, 5.74) is 1.85. The number of anilines is 1. The van der Waals surface area contributed by atoms with Crippen LogP contribution in [0, 0.1) is 0 Å². The Bertz CT molecular complexity index is 1600. The third kappa shape index (κ3) is 8.24. The minimum atomic E-state index is -4.21. The summed E-state index contributed by atoms with van der Waals surface area (Å²) in [7, 11) is -4.21. The summed E-state index contributed by atoms with van der Waals surface area (Å²) < 4.78 is 29.0. The van der Waals surface area contributed by atoms with E-state index in [1.165, 1.54) is 17.0 Å². The second-order valence-corrected chi connectivity index (χ2v) is 12.6. The quantitative estimate of drug-likeness (QED) is 0.197. The number of halogens is 1. The van der Waals surface area contributed by atoms with Crippen LogP contribution in [0.4, 0.5) is 5.69 Å². The van der Waals surface area contributed by atoms with Gasteiger partial charge in [-0.2, -0.15) is 0 Å². The number of hydrogen-bond donors (Lipinski definition) is 1. The van der Waals surface area contributed by atoms with Gasteiger partial charge in [0.2, 0.25) is 11.8 Å². The summed E-state index contributed by atoms with van der Waals surface area (Å²) >= 11 is 6.50. The molecule has 1 N–H and O–H groups in total. The fraction of sp³-hybridized carbons (Fsp3) is 0.235. The summed E-state index contributed by atoms with van der Waals surface area (Å²) in [5.74, 6) is -0.846. The van der Waals surface area contributed by atoms with Gasteiger partial charge in [0.25, 0.3) is 10.0 Å². The molecule has 9 heteroatoms. The second-order valence-electron chi connectivity index (χ2n) is 10.3. The zero-order valence-electron chi connectivity index (χ0n) is 24.3. The lowest BCUT2D eigenvalue weighted by Gasteiger charge is -2.34. The van der Waals surface area contributed by atoms with E-state index >= 15 is 0 Å². The minimum absolute atomic E-state index is 0.0210. The standard InChI is InChI=1S/C34H36ClN3O4S/c1-3-26(2)36-34(40)32(23-27-15-7-4-8-16-27)37(24-28-17-9-5-10-18-28)33(39)25-38(31-22-14-13-21-30(31)35)43(41,42)29-19-11-6-12-20-29/h4-22,26,32H,3,23-25H2,1-2H3,(H,36,40)/t26-,32+/m0/s1. The monoisotopic (exact) mass is 617 g/mol. The third-order valence-corrected chi connectivity index (χ3v) is 9.29. The first-order valence-electron chi connectivity index (χ1n) is 14.2. The van der Waals surface area contributed by atoms with Crippen LogP contribution >= 0.6 is 11.6 Å². The molecule has 0 saturated carbocycles. The maximum atomic E-state index is 14.4. The van der Waals surface area contributed by atoms with Gasteiger partial charge in [-0.25, -0.2) is 8.42 Å². The van der Waals surface area contributed by atoms with E-state index in [2.05, 4.69) is 5.32 Å². The Morgan fingerprint density at radius 2 is 1.33 bits per heavy atom. The molecule has 224 valence electrons. The number of nitrogens with one attached hydrogen (secondary N) is 1. The summed E-state index contributed by atoms with van der Waals surface area (Å²) in [5, 5.41) is 3.22. The van der Waals surface area contributed by atoms with E-state index in [1.54, 1.807) is 42.5 Å². The van der Waals surface area contributed by atoms with Crippen molar-refractivity contribution in [3.8, 4) is 0 Å². The summed E-state index contributed by atoms with van der Waals surface area (Å²) in [4.78, 5) is 29.7. The first kappa shape index (κ1) is 31.8. The number of para-hydroxylation sites is 1. The fourth-order valence-corrected chi connectivity index (χ4v) is 6.40. The van der Waals surface area contributed by atoms with Crippen molar-refractivity contribution in [1.29, 1.82) is 0 Å². The van der Waals surface area contributed by atoms with Gasteiger partial charge < -0.3 is 10.2 Å². The van der Waals surface area contributed by atoms with Crippen LogP contribution in [0.2, 0.25) is 5.02 Å². The Labute approximate surface area is 259 Å². The molecule has 4 aromatic carbocycles. The topological polar surface area (TPSA) is 86.8 Å². The lowest BCUT2D eigenvalue weighted by Crippen LogP contribution is -2.54. The highest BCUT2D eigenvalue weighted by Gasteiger charge is 2.35. The average Bonchev–Trinajstić information content (AvgIpc) is 3.03. The smallest absolute Gasteiger partial charge is 0.264 e. The molecule has 0 aliphatic rings. The molecule has 0 radical (unpaired) electrons. The van der Waals surface area contributed by atoms with Crippen LogP contribution in [0.5, 0.6) is 0 Å². The van der Waals surface area contributed by atoms with E-state index in [0.29, 0.717) is 6.42 Å². The molecular weight excluding hydrogens is 582 g/mol. The average molecular weight is 618 g/mol. The van der Waals surface area contributed by atoms with Crippen LogP contribution < -0.4 is 9.62 Å². The Balaban J connectivity index is 1.79. The summed E-state index contributed by atoms with van der Waals surface area (Å²) in [6.07, 6.45) is 0.964. The summed E-state index contributed by atoms with van der Waals surface area (Å²) in [6.45, 7) is 3.43. The molecule has 0 heterocycles. The van der Waals surface area contributed by atoms with Crippen LogP contribution in [0.1, 0.15) is 31.4 Å². The number of benzene rings is 4. The predicted octanol–water partition coefficient (Wildman–Crippen LogP) is 6.09. The molecule has 0 fully saturated rings. The van der Waals surface area contributed by atoms with Crippen molar-refractivity contribution in [1.82, 2.24) is 10.2 Å². The van der Waals surface area contributed by atoms with Gasteiger partial charge in [-0.1, -0.05) is 110 Å². The number of sulfonamides is 1. The second kappa shape index (κ2) is 14.8.